The van der Waals surface area contributed by atoms with Crippen LogP contribution in [-0.4, -0.2) is 5.11 Å². The SMILES string of the molecule is Cc1ccc(C)c(C(O)c2cc(F)cc(F)c2)c1. The van der Waals surface area contributed by atoms with Gasteiger partial charge in [0.1, 0.15) is 17.7 Å². The van der Waals surface area contributed by atoms with Crippen LogP contribution in [0.3, 0.4) is 0 Å². The minimum absolute atomic E-state index is 0.223. The quantitative estimate of drug-likeness (QED) is 0.859. The molecule has 0 heterocycles. The van der Waals surface area contributed by atoms with Crippen LogP contribution in [0.2, 0.25) is 0 Å². The van der Waals surface area contributed by atoms with E-state index in [9.17, 15) is 13.9 Å². The Labute approximate surface area is 105 Å². The van der Waals surface area contributed by atoms with Crippen molar-refractivity contribution in [2.24, 2.45) is 0 Å². The number of aliphatic hydroxyl groups is 1. The normalized spacial score (nSPS) is 12.5. The molecule has 0 aliphatic heterocycles. The molecule has 1 N–H and O–H groups in total. The van der Waals surface area contributed by atoms with E-state index < -0.39 is 17.7 Å². The fraction of sp³-hybridized carbons (Fsp3) is 0.200. The average molecular weight is 248 g/mol. The zero-order valence-electron chi connectivity index (χ0n) is 10.2. The molecule has 1 unspecified atom stereocenters. The fourth-order valence-corrected chi connectivity index (χ4v) is 1.97. The highest BCUT2D eigenvalue weighted by molar-refractivity contribution is 5.38. The number of halogens is 2. The maximum absolute atomic E-state index is 13.1. The number of aliphatic hydroxyl groups excluding tert-OH is 1. The van der Waals surface area contributed by atoms with Gasteiger partial charge in [-0.25, -0.2) is 8.78 Å². The highest BCUT2D eigenvalue weighted by Gasteiger charge is 2.15. The Morgan fingerprint density at radius 1 is 0.944 bits per heavy atom. The predicted molar refractivity (Wildman–Crippen MR) is 66.3 cm³/mol. The van der Waals surface area contributed by atoms with E-state index in [0.717, 1.165) is 29.3 Å². The van der Waals surface area contributed by atoms with Crippen LogP contribution in [-0.2, 0) is 0 Å². The van der Waals surface area contributed by atoms with Crippen LogP contribution < -0.4 is 0 Å². The fourth-order valence-electron chi connectivity index (χ4n) is 1.97. The molecule has 2 aromatic carbocycles. The summed E-state index contributed by atoms with van der Waals surface area (Å²) in [6, 6.07) is 8.72. The molecule has 94 valence electrons. The monoisotopic (exact) mass is 248 g/mol. The topological polar surface area (TPSA) is 20.2 Å². The van der Waals surface area contributed by atoms with E-state index in [1.165, 1.54) is 0 Å². The zero-order chi connectivity index (χ0) is 13.3. The van der Waals surface area contributed by atoms with Gasteiger partial charge < -0.3 is 5.11 Å². The van der Waals surface area contributed by atoms with Crippen molar-refractivity contribution in [1.82, 2.24) is 0 Å². The summed E-state index contributed by atoms with van der Waals surface area (Å²) in [7, 11) is 0. The van der Waals surface area contributed by atoms with Crippen molar-refractivity contribution in [3.05, 3.63) is 70.3 Å². The molecule has 0 saturated carbocycles. The summed E-state index contributed by atoms with van der Waals surface area (Å²) in [5.74, 6) is -1.37. The van der Waals surface area contributed by atoms with E-state index in [-0.39, 0.29) is 5.56 Å². The van der Waals surface area contributed by atoms with E-state index in [1.54, 1.807) is 0 Å². The van der Waals surface area contributed by atoms with Gasteiger partial charge in [0.2, 0.25) is 0 Å². The van der Waals surface area contributed by atoms with Crippen molar-refractivity contribution in [1.29, 1.82) is 0 Å². The first-order valence-corrected chi connectivity index (χ1v) is 5.68. The zero-order valence-corrected chi connectivity index (χ0v) is 10.2. The first-order valence-electron chi connectivity index (χ1n) is 5.68. The van der Waals surface area contributed by atoms with Crippen LogP contribution in [0.25, 0.3) is 0 Å². The third-order valence-electron chi connectivity index (χ3n) is 2.93. The lowest BCUT2D eigenvalue weighted by Gasteiger charge is -2.15. The molecule has 0 aromatic heterocycles. The average Bonchev–Trinajstić information content (AvgIpc) is 2.30. The van der Waals surface area contributed by atoms with Gasteiger partial charge in [0.25, 0.3) is 0 Å². The van der Waals surface area contributed by atoms with Gasteiger partial charge in [-0.2, -0.15) is 0 Å². The van der Waals surface area contributed by atoms with Crippen LogP contribution in [0.1, 0.15) is 28.4 Å². The summed E-state index contributed by atoms with van der Waals surface area (Å²) < 4.78 is 26.3. The smallest absolute Gasteiger partial charge is 0.126 e. The second kappa shape index (κ2) is 4.86. The van der Waals surface area contributed by atoms with Crippen LogP contribution in [0.4, 0.5) is 8.78 Å². The molecule has 0 amide bonds. The van der Waals surface area contributed by atoms with Crippen LogP contribution >= 0.6 is 0 Å². The Kier molecular flexibility index (Phi) is 3.43. The molecule has 1 nitrogen and oxygen atoms in total. The van der Waals surface area contributed by atoms with Gasteiger partial charge in [-0.1, -0.05) is 23.8 Å². The minimum atomic E-state index is -1.02. The largest absolute Gasteiger partial charge is 0.384 e. The highest BCUT2D eigenvalue weighted by atomic mass is 19.1. The lowest BCUT2D eigenvalue weighted by molar-refractivity contribution is 0.218. The third-order valence-corrected chi connectivity index (χ3v) is 2.93. The Morgan fingerprint density at radius 3 is 2.17 bits per heavy atom. The second-order valence-corrected chi connectivity index (χ2v) is 4.47. The molecule has 2 rings (SSSR count). The molecule has 0 radical (unpaired) electrons. The van der Waals surface area contributed by atoms with E-state index in [1.807, 2.05) is 32.0 Å². The Morgan fingerprint density at radius 2 is 1.56 bits per heavy atom. The van der Waals surface area contributed by atoms with E-state index in [2.05, 4.69) is 0 Å². The van der Waals surface area contributed by atoms with E-state index in [0.29, 0.717) is 5.56 Å². The Balaban J connectivity index is 2.47. The van der Waals surface area contributed by atoms with Crippen molar-refractivity contribution in [2.45, 2.75) is 20.0 Å². The summed E-state index contributed by atoms with van der Waals surface area (Å²) in [4.78, 5) is 0. The molecular formula is C15H14F2O. The van der Waals surface area contributed by atoms with Gasteiger partial charge in [-0.3, -0.25) is 0 Å². The first kappa shape index (κ1) is 12.7. The van der Waals surface area contributed by atoms with Crippen molar-refractivity contribution >= 4 is 0 Å². The molecule has 18 heavy (non-hydrogen) atoms. The van der Waals surface area contributed by atoms with Gasteiger partial charge in [0.15, 0.2) is 0 Å². The number of hydrogen-bond acceptors (Lipinski definition) is 1. The molecule has 0 aliphatic rings. The van der Waals surface area contributed by atoms with Crippen molar-refractivity contribution in [2.75, 3.05) is 0 Å². The van der Waals surface area contributed by atoms with Gasteiger partial charge in [0, 0.05) is 6.07 Å². The van der Waals surface area contributed by atoms with Gasteiger partial charge >= 0.3 is 0 Å². The third kappa shape index (κ3) is 2.57. The van der Waals surface area contributed by atoms with Gasteiger partial charge in [-0.15, -0.1) is 0 Å². The Hall–Kier alpha value is -1.74. The number of hydrogen-bond donors (Lipinski definition) is 1. The molecular weight excluding hydrogens is 234 g/mol. The van der Waals surface area contributed by atoms with Gasteiger partial charge in [0.05, 0.1) is 0 Å². The highest BCUT2D eigenvalue weighted by Crippen LogP contribution is 2.26. The molecule has 0 spiro atoms. The molecule has 0 fully saturated rings. The minimum Gasteiger partial charge on any atom is -0.384 e. The van der Waals surface area contributed by atoms with Crippen LogP contribution in [0, 0.1) is 25.5 Å². The number of rotatable bonds is 2. The maximum atomic E-state index is 13.1. The number of benzene rings is 2. The molecule has 0 saturated heterocycles. The summed E-state index contributed by atoms with van der Waals surface area (Å²) >= 11 is 0. The van der Waals surface area contributed by atoms with Crippen molar-refractivity contribution in [3.8, 4) is 0 Å². The summed E-state index contributed by atoms with van der Waals surface area (Å²) in [6.45, 7) is 3.76. The summed E-state index contributed by atoms with van der Waals surface area (Å²) in [5.41, 5.74) is 2.77. The number of aryl methyl sites for hydroxylation is 2. The lowest BCUT2D eigenvalue weighted by Crippen LogP contribution is -2.03. The molecule has 0 bridgehead atoms. The summed E-state index contributed by atoms with van der Waals surface area (Å²) in [6.07, 6.45) is -1.02. The maximum Gasteiger partial charge on any atom is 0.126 e. The van der Waals surface area contributed by atoms with Crippen molar-refractivity contribution in [3.63, 3.8) is 0 Å². The molecule has 0 aliphatic carbocycles. The molecule has 1 atom stereocenters. The van der Waals surface area contributed by atoms with Crippen LogP contribution in [0.5, 0.6) is 0 Å². The molecule has 3 heteroatoms. The van der Waals surface area contributed by atoms with Crippen molar-refractivity contribution < 1.29 is 13.9 Å². The standard InChI is InChI=1S/C15H14F2O/c1-9-3-4-10(2)14(5-9)15(18)11-6-12(16)8-13(17)7-11/h3-8,15,18H,1-2H3. The van der Waals surface area contributed by atoms with Gasteiger partial charge in [-0.05, 0) is 42.7 Å². The van der Waals surface area contributed by atoms with Crippen LogP contribution in [0.15, 0.2) is 36.4 Å². The van der Waals surface area contributed by atoms with E-state index in [4.69, 9.17) is 0 Å². The predicted octanol–water partition coefficient (Wildman–Crippen LogP) is 3.66. The lowest BCUT2D eigenvalue weighted by atomic mass is 9.96. The molecule has 2 aromatic rings. The second-order valence-electron chi connectivity index (χ2n) is 4.47. The van der Waals surface area contributed by atoms with E-state index >= 15 is 0 Å². The first-order chi connectivity index (χ1) is 8.47. The summed E-state index contributed by atoms with van der Waals surface area (Å²) in [5, 5.41) is 10.2. The Bertz CT molecular complexity index is 558.